The number of ether oxygens (including phenoxy) is 3. The van der Waals surface area contributed by atoms with Gasteiger partial charge in [-0.15, -0.1) is 0 Å². The summed E-state index contributed by atoms with van der Waals surface area (Å²) in [6.45, 7) is 4.74. The van der Waals surface area contributed by atoms with Crippen molar-refractivity contribution >= 4 is 23.3 Å². The van der Waals surface area contributed by atoms with Gasteiger partial charge in [-0.1, -0.05) is 41.9 Å². The second kappa shape index (κ2) is 11.7. The van der Waals surface area contributed by atoms with Crippen molar-refractivity contribution in [2.45, 2.75) is 25.0 Å². The molecule has 0 saturated carbocycles. The SMILES string of the molecule is CN(C)C(=O)N1CCN(c2ccc(COC3COC(Cn4ccnc4)(c4ccccc4Cl)OC3)cc2)CC1. The molecule has 2 aliphatic heterocycles. The summed E-state index contributed by atoms with van der Waals surface area (Å²) in [5, 5.41) is 0.595. The van der Waals surface area contributed by atoms with Gasteiger partial charge in [-0.3, -0.25) is 0 Å². The van der Waals surface area contributed by atoms with Crippen LogP contribution in [-0.4, -0.2) is 85.0 Å². The molecule has 2 aliphatic rings. The Balaban J connectivity index is 1.14. The highest BCUT2D eigenvalue weighted by Gasteiger charge is 2.41. The number of imidazole rings is 1. The molecule has 2 fully saturated rings. The summed E-state index contributed by atoms with van der Waals surface area (Å²) >= 11 is 6.53. The highest BCUT2D eigenvalue weighted by molar-refractivity contribution is 6.31. The topological polar surface area (TPSA) is 72.3 Å². The van der Waals surface area contributed by atoms with E-state index in [1.165, 1.54) is 0 Å². The third-order valence-electron chi connectivity index (χ3n) is 6.96. The van der Waals surface area contributed by atoms with Gasteiger partial charge >= 0.3 is 6.03 Å². The second-order valence-electron chi connectivity index (χ2n) is 9.84. The van der Waals surface area contributed by atoms with Crippen molar-refractivity contribution in [1.82, 2.24) is 19.4 Å². The molecule has 38 heavy (non-hydrogen) atoms. The van der Waals surface area contributed by atoms with Crippen molar-refractivity contribution < 1.29 is 19.0 Å². The van der Waals surface area contributed by atoms with Crippen LogP contribution in [0.15, 0.2) is 67.3 Å². The van der Waals surface area contributed by atoms with E-state index < -0.39 is 5.79 Å². The van der Waals surface area contributed by atoms with Crippen molar-refractivity contribution in [3.8, 4) is 0 Å². The van der Waals surface area contributed by atoms with Crippen LogP contribution in [-0.2, 0) is 33.1 Å². The van der Waals surface area contributed by atoms with Gasteiger partial charge < -0.3 is 33.5 Å². The molecule has 0 radical (unpaired) electrons. The Morgan fingerprint density at radius 3 is 2.42 bits per heavy atom. The lowest BCUT2D eigenvalue weighted by Crippen LogP contribution is -2.51. The molecule has 0 bridgehead atoms. The van der Waals surface area contributed by atoms with Gasteiger partial charge in [0.15, 0.2) is 0 Å². The molecule has 0 aliphatic carbocycles. The van der Waals surface area contributed by atoms with Crippen LogP contribution in [0.4, 0.5) is 10.5 Å². The number of hydrogen-bond acceptors (Lipinski definition) is 6. The molecule has 9 nitrogen and oxygen atoms in total. The predicted molar refractivity (Wildman–Crippen MR) is 145 cm³/mol. The van der Waals surface area contributed by atoms with Crippen LogP contribution in [0.25, 0.3) is 0 Å². The monoisotopic (exact) mass is 539 g/mol. The Bertz CT molecular complexity index is 1190. The zero-order chi connectivity index (χ0) is 26.5. The molecular formula is C28H34ClN5O4. The van der Waals surface area contributed by atoms with Crippen LogP contribution in [0, 0.1) is 0 Å². The molecule has 3 heterocycles. The molecule has 2 aromatic carbocycles. The van der Waals surface area contributed by atoms with Gasteiger partial charge in [0.25, 0.3) is 0 Å². The molecule has 202 valence electrons. The minimum atomic E-state index is -1.01. The van der Waals surface area contributed by atoms with Crippen molar-refractivity contribution in [2.24, 2.45) is 0 Å². The average Bonchev–Trinajstić information content (AvgIpc) is 3.46. The largest absolute Gasteiger partial charge is 0.369 e. The predicted octanol–water partition coefficient (Wildman–Crippen LogP) is 3.83. The van der Waals surface area contributed by atoms with Gasteiger partial charge in [0.2, 0.25) is 5.79 Å². The maximum atomic E-state index is 12.2. The summed E-state index contributed by atoms with van der Waals surface area (Å²) in [6, 6.07) is 16.1. The number of urea groups is 1. The standard InChI is InChI=1S/C28H34ClN5O4/c1-31(2)27(35)34-15-13-33(14-16-34)23-9-7-22(8-10-23)17-36-24-18-37-28(38-19-24,20-32-12-11-30-21-32)25-5-3-4-6-26(25)29/h3-12,21,24H,13-20H2,1-2H3. The van der Waals surface area contributed by atoms with Crippen LogP contribution in [0.2, 0.25) is 5.02 Å². The maximum Gasteiger partial charge on any atom is 0.319 e. The van der Waals surface area contributed by atoms with Crippen molar-refractivity contribution in [3.63, 3.8) is 0 Å². The Hall–Kier alpha value is -3.11. The minimum Gasteiger partial charge on any atom is -0.369 e. The van der Waals surface area contributed by atoms with E-state index in [1.54, 1.807) is 31.5 Å². The molecule has 0 spiro atoms. The Morgan fingerprint density at radius 1 is 1.08 bits per heavy atom. The average molecular weight is 540 g/mol. The fourth-order valence-corrected chi connectivity index (χ4v) is 5.10. The van der Waals surface area contributed by atoms with Crippen LogP contribution in [0.3, 0.4) is 0 Å². The summed E-state index contributed by atoms with van der Waals surface area (Å²) in [4.78, 5) is 22.1. The molecule has 2 saturated heterocycles. The number of nitrogens with zero attached hydrogens (tertiary/aromatic N) is 5. The van der Waals surface area contributed by atoms with Crippen LogP contribution in [0.5, 0.6) is 0 Å². The number of carbonyl (C=O) groups excluding carboxylic acids is 1. The molecule has 5 rings (SSSR count). The number of benzene rings is 2. The number of hydrogen-bond donors (Lipinski definition) is 0. The highest BCUT2D eigenvalue weighted by Crippen LogP contribution is 2.37. The van der Waals surface area contributed by atoms with Crippen molar-refractivity contribution in [1.29, 1.82) is 0 Å². The van der Waals surface area contributed by atoms with Crippen LogP contribution in [0.1, 0.15) is 11.1 Å². The fourth-order valence-electron chi connectivity index (χ4n) is 4.82. The maximum absolute atomic E-state index is 12.2. The smallest absolute Gasteiger partial charge is 0.319 e. The molecule has 1 aromatic heterocycles. The van der Waals surface area contributed by atoms with E-state index in [0.29, 0.717) is 31.4 Å². The van der Waals surface area contributed by atoms with Gasteiger partial charge in [0, 0.05) is 68.9 Å². The summed E-state index contributed by atoms with van der Waals surface area (Å²) < 4.78 is 20.7. The number of amides is 2. The zero-order valence-electron chi connectivity index (χ0n) is 21.8. The fraction of sp³-hybridized carbons (Fsp3) is 0.429. The Morgan fingerprint density at radius 2 is 1.79 bits per heavy atom. The number of anilines is 1. The lowest BCUT2D eigenvalue weighted by atomic mass is 10.0. The van der Waals surface area contributed by atoms with Crippen LogP contribution < -0.4 is 4.90 Å². The van der Waals surface area contributed by atoms with E-state index in [1.807, 2.05) is 39.9 Å². The molecular weight excluding hydrogens is 506 g/mol. The molecule has 3 aromatic rings. The van der Waals surface area contributed by atoms with Gasteiger partial charge in [-0.05, 0) is 23.8 Å². The van der Waals surface area contributed by atoms with Gasteiger partial charge in [0.05, 0.1) is 32.7 Å². The number of piperazine rings is 1. The van der Waals surface area contributed by atoms with E-state index in [9.17, 15) is 4.79 Å². The number of halogens is 1. The van der Waals surface area contributed by atoms with E-state index >= 15 is 0 Å². The highest BCUT2D eigenvalue weighted by atomic mass is 35.5. The van der Waals surface area contributed by atoms with E-state index in [4.69, 9.17) is 25.8 Å². The van der Waals surface area contributed by atoms with E-state index in [2.05, 4.69) is 34.1 Å². The first-order valence-electron chi connectivity index (χ1n) is 12.8. The zero-order valence-corrected chi connectivity index (χ0v) is 22.6. The number of aromatic nitrogens is 2. The summed E-state index contributed by atoms with van der Waals surface area (Å²) in [6.07, 6.45) is 5.14. The summed E-state index contributed by atoms with van der Waals surface area (Å²) in [5.41, 5.74) is 3.02. The summed E-state index contributed by atoms with van der Waals surface area (Å²) in [7, 11) is 3.58. The van der Waals surface area contributed by atoms with E-state index in [0.717, 1.165) is 43.0 Å². The summed E-state index contributed by atoms with van der Waals surface area (Å²) in [5.74, 6) is -1.01. The first-order chi connectivity index (χ1) is 18.4. The Labute approximate surface area is 228 Å². The van der Waals surface area contributed by atoms with Crippen molar-refractivity contribution in [3.05, 3.63) is 83.4 Å². The lowest BCUT2D eigenvalue weighted by molar-refractivity contribution is -0.313. The molecule has 2 amide bonds. The number of carbonyl (C=O) groups is 1. The molecule has 0 N–H and O–H groups in total. The molecule has 0 unspecified atom stereocenters. The lowest BCUT2D eigenvalue weighted by Gasteiger charge is -2.40. The second-order valence-corrected chi connectivity index (χ2v) is 10.2. The first kappa shape index (κ1) is 26.5. The van der Waals surface area contributed by atoms with Gasteiger partial charge in [0.1, 0.15) is 6.10 Å². The van der Waals surface area contributed by atoms with Gasteiger partial charge in [-0.2, -0.15) is 0 Å². The minimum absolute atomic E-state index is 0.0682. The third-order valence-corrected chi connectivity index (χ3v) is 7.29. The van der Waals surface area contributed by atoms with Crippen molar-refractivity contribution in [2.75, 3.05) is 58.4 Å². The van der Waals surface area contributed by atoms with Crippen LogP contribution >= 0.6 is 11.6 Å². The molecule has 10 heteroatoms. The Kier molecular flexibility index (Phi) is 8.18. The molecule has 0 atom stereocenters. The third kappa shape index (κ3) is 5.96. The van der Waals surface area contributed by atoms with E-state index in [-0.39, 0.29) is 12.1 Å². The normalized spacial score (nSPS) is 21.9. The first-order valence-corrected chi connectivity index (χ1v) is 13.2. The number of rotatable bonds is 7. The van der Waals surface area contributed by atoms with Gasteiger partial charge in [-0.25, -0.2) is 9.78 Å². The quantitative estimate of drug-likeness (QED) is 0.454.